The summed E-state index contributed by atoms with van der Waals surface area (Å²) in [5.41, 5.74) is 5.04. The highest BCUT2D eigenvalue weighted by atomic mass is 14.7. The zero-order chi connectivity index (χ0) is 6.24. The summed E-state index contributed by atoms with van der Waals surface area (Å²) in [6.45, 7) is 0.412. The summed E-state index contributed by atoms with van der Waals surface area (Å²) in [4.78, 5) is 3.63. The molecule has 2 N–H and O–H groups in total. The fourth-order valence-corrected chi connectivity index (χ4v) is 0.198. The molecule has 0 atom stereocenters. The first kappa shape index (κ1) is 6.86. The summed E-state index contributed by atoms with van der Waals surface area (Å²) in [7, 11) is 0. The van der Waals surface area contributed by atoms with E-state index in [4.69, 9.17) is 11.0 Å². The van der Waals surface area contributed by atoms with Gasteiger partial charge in [-0.1, -0.05) is 0 Å². The number of rotatable bonds is 2. The van der Waals surface area contributed by atoms with Crippen molar-refractivity contribution < 1.29 is 0 Å². The second-order valence-corrected chi connectivity index (χ2v) is 1.01. The Morgan fingerprint density at radius 3 is 3.00 bits per heavy atom. The van der Waals surface area contributed by atoms with Crippen molar-refractivity contribution in [1.29, 1.82) is 5.26 Å². The molecule has 8 heavy (non-hydrogen) atoms. The van der Waals surface area contributed by atoms with Crippen LogP contribution in [0.4, 0.5) is 0 Å². The van der Waals surface area contributed by atoms with E-state index in [-0.39, 0.29) is 0 Å². The SMILES string of the molecule is N#CC=C/N=C\CN. The number of hydrogen-bond acceptors (Lipinski definition) is 3. The normalized spacial score (nSPS) is 10.5. The van der Waals surface area contributed by atoms with Crippen LogP contribution in [0.2, 0.25) is 0 Å². The lowest BCUT2D eigenvalue weighted by molar-refractivity contribution is 1.33. The second-order valence-electron chi connectivity index (χ2n) is 1.01. The van der Waals surface area contributed by atoms with Gasteiger partial charge in [-0.3, -0.25) is 4.99 Å². The highest BCUT2D eigenvalue weighted by Crippen LogP contribution is 1.67. The van der Waals surface area contributed by atoms with Gasteiger partial charge in [0.15, 0.2) is 0 Å². The minimum atomic E-state index is 0.412. The minimum Gasteiger partial charge on any atom is -0.326 e. The Labute approximate surface area is 48.1 Å². The zero-order valence-electron chi connectivity index (χ0n) is 4.41. The van der Waals surface area contributed by atoms with E-state index in [9.17, 15) is 0 Å². The molecule has 0 saturated carbocycles. The van der Waals surface area contributed by atoms with Crippen LogP contribution in [-0.2, 0) is 0 Å². The molecule has 0 aliphatic rings. The summed E-state index contributed by atoms with van der Waals surface area (Å²) in [5.74, 6) is 0. The first-order valence-electron chi connectivity index (χ1n) is 2.18. The molecule has 0 fully saturated rings. The lowest BCUT2D eigenvalue weighted by atomic mass is 10.7. The van der Waals surface area contributed by atoms with Crippen LogP contribution in [0.15, 0.2) is 17.3 Å². The molecule has 0 unspecified atom stereocenters. The maximum Gasteiger partial charge on any atom is 0.0928 e. The Hall–Kier alpha value is -1.14. The molecule has 0 heterocycles. The topological polar surface area (TPSA) is 62.2 Å². The molecule has 0 aromatic rings. The largest absolute Gasteiger partial charge is 0.326 e. The lowest BCUT2D eigenvalue weighted by Gasteiger charge is -1.71. The fourth-order valence-electron chi connectivity index (χ4n) is 0.198. The Kier molecular flexibility index (Phi) is 5.02. The van der Waals surface area contributed by atoms with E-state index in [2.05, 4.69) is 4.99 Å². The van der Waals surface area contributed by atoms with E-state index >= 15 is 0 Å². The van der Waals surface area contributed by atoms with E-state index in [1.54, 1.807) is 6.07 Å². The van der Waals surface area contributed by atoms with Crippen LogP contribution >= 0.6 is 0 Å². The molecular weight excluding hydrogens is 102 g/mol. The molecule has 0 spiro atoms. The molecule has 0 radical (unpaired) electrons. The van der Waals surface area contributed by atoms with Gasteiger partial charge in [-0.15, -0.1) is 0 Å². The summed E-state index contributed by atoms with van der Waals surface area (Å²) >= 11 is 0. The standard InChI is InChI=1S/C5H7N3/c6-2-1-4-8-5-3-7/h1,4-5H,3,7H2/b4-1?,8-5-. The van der Waals surface area contributed by atoms with E-state index in [1.165, 1.54) is 18.5 Å². The monoisotopic (exact) mass is 109 g/mol. The van der Waals surface area contributed by atoms with E-state index in [1.807, 2.05) is 0 Å². The van der Waals surface area contributed by atoms with E-state index in [0.717, 1.165) is 0 Å². The molecule has 0 aliphatic heterocycles. The first-order valence-corrected chi connectivity index (χ1v) is 2.18. The molecule has 3 heteroatoms. The summed E-state index contributed by atoms with van der Waals surface area (Å²) in [5, 5.41) is 7.92. The van der Waals surface area contributed by atoms with Crippen LogP contribution in [0.25, 0.3) is 0 Å². The molecule has 0 saturated heterocycles. The minimum absolute atomic E-state index is 0.412. The van der Waals surface area contributed by atoms with Gasteiger partial charge in [0.05, 0.1) is 6.07 Å². The number of nitrogens with two attached hydrogens (primary N) is 1. The summed E-state index contributed by atoms with van der Waals surface area (Å²) in [6, 6.07) is 1.79. The Morgan fingerprint density at radius 2 is 2.50 bits per heavy atom. The van der Waals surface area contributed by atoms with Crippen molar-refractivity contribution >= 4 is 6.21 Å². The highest BCUT2D eigenvalue weighted by molar-refractivity contribution is 5.59. The van der Waals surface area contributed by atoms with E-state index < -0.39 is 0 Å². The fraction of sp³-hybridized carbons (Fsp3) is 0.200. The van der Waals surface area contributed by atoms with Crippen LogP contribution in [0.3, 0.4) is 0 Å². The number of nitriles is 1. The van der Waals surface area contributed by atoms with Gasteiger partial charge in [0.2, 0.25) is 0 Å². The molecular formula is C5H7N3. The third kappa shape index (κ3) is 4.86. The van der Waals surface area contributed by atoms with Crippen molar-refractivity contribution in [1.82, 2.24) is 0 Å². The average Bonchev–Trinajstić information content (AvgIpc) is 1.81. The van der Waals surface area contributed by atoms with Gasteiger partial charge in [-0.2, -0.15) is 5.26 Å². The van der Waals surface area contributed by atoms with Crippen LogP contribution in [0.5, 0.6) is 0 Å². The molecule has 42 valence electrons. The van der Waals surface area contributed by atoms with Crippen molar-refractivity contribution in [3.63, 3.8) is 0 Å². The van der Waals surface area contributed by atoms with E-state index in [0.29, 0.717) is 6.54 Å². The molecule has 0 rings (SSSR count). The molecule has 0 aromatic heterocycles. The number of nitrogens with zero attached hydrogens (tertiary/aromatic N) is 2. The number of allylic oxidation sites excluding steroid dienone is 1. The third-order valence-electron chi connectivity index (χ3n) is 0.446. The van der Waals surface area contributed by atoms with Gasteiger partial charge < -0.3 is 5.73 Å². The van der Waals surface area contributed by atoms with Gasteiger partial charge in [0, 0.05) is 25.0 Å². The number of aliphatic imine (C=N–C) groups is 1. The highest BCUT2D eigenvalue weighted by Gasteiger charge is 1.60. The van der Waals surface area contributed by atoms with Crippen molar-refractivity contribution in [2.24, 2.45) is 10.7 Å². The van der Waals surface area contributed by atoms with Gasteiger partial charge in [0.1, 0.15) is 0 Å². The van der Waals surface area contributed by atoms with Gasteiger partial charge in [0.25, 0.3) is 0 Å². The molecule has 0 amide bonds. The molecule has 0 aromatic carbocycles. The smallest absolute Gasteiger partial charge is 0.0928 e. The zero-order valence-corrected chi connectivity index (χ0v) is 4.41. The Morgan fingerprint density at radius 1 is 1.75 bits per heavy atom. The van der Waals surface area contributed by atoms with Gasteiger partial charge >= 0.3 is 0 Å². The maximum absolute atomic E-state index is 7.92. The van der Waals surface area contributed by atoms with Gasteiger partial charge in [-0.05, 0) is 0 Å². The summed E-state index contributed by atoms with van der Waals surface area (Å²) in [6.07, 6.45) is 4.20. The van der Waals surface area contributed by atoms with Crippen molar-refractivity contribution in [3.05, 3.63) is 12.3 Å². The third-order valence-corrected chi connectivity index (χ3v) is 0.446. The predicted octanol–water partition coefficient (Wildman–Crippen LogP) is 0.0532. The van der Waals surface area contributed by atoms with Crippen molar-refractivity contribution in [3.8, 4) is 6.07 Å². The lowest BCUT2D eigenvalue weighted by Crippen LogP contribution is -1.97. The van der Waals surface area contributed by atoms with Crippen LogP contribution in [0, 0.1) is 11.3 Å². The van der Waals surface area contributed by atoms with Crippen LogP contribution in [0.1, 0.15) is 0 Å². The van der Waals surface area contributed by atoms with Gasteiger partial charge in [-0.25, -0.2) is 0 Å². The maximum atomic E-state index is 7.92. The number of hydrogen-bond donors (Lipinski definition) is 1. The Bertz CT molecular complexity index is 129. The Balaban J connectivity index is 3.31. The molecule has 0 bridgehead atoms. The average molecular weight is 109 g/mol. The molecule has 0 aliphatic carbocycles. The van der Waals surface area contributed by atoms with Crippen LogP contribution in [-0.4, -0.2) is 12.8 Å². The molecule has 3 nitrogen and oxygen atoms in total. The predicted molar refractivity (Wildman–Crippen MR) is 32.3 cm³/mol. The van der Waals surface area contributed by atoms with Crippen molar-refractivity contribution in [2.75, 3.05) is 6.54 Å². The second kappa shape index (κ2) is 5.86. The van der Waals surface area contributed by atoms with Crippen molar-refractivity contribution in [2.45, 2.75) is 0 Å². The quantitative estimate of drug-likeness (QED) is 0.402. The summed E-state index contributed by atoms with van der Waals surface area (Å²) < 4.78 is 0. The van der Waals surface area contributed by atoms with Crippen LogP contribution < -0.4 is 5.73 Å². The first-order chi connectivity index (χ1) is 3.91.